The molecule has 0 radical (unpaired) electrons. The van der Waals surface area contributed by atoms with E-state index in [4.69, 9.17) is 4.74 Å². The molecule has 6 heteroatoms. The number of carbonyl (C=O) groups excluding carboxylic acids is 1. The summed E-state index contributed by atoms with van der Waals surface area (Å²) in [6.07, 6.45) is 0.669. The van der Waals surface area contributed by atoms with E-state index in [-0.39, 0.29) is 5.92 Å². The van der Waals surface area contributed by atoms with E-state index in [2.05, 4.69) is 10.6 Å². The van der Waals surface area contributed by atoms with Gasteiger partial charge in [0.05, 0.1) is 11.3 Å². The van der Waals surface area contributed by atoms with Gasteiger partial charge < -0.3 is 20.5 Å². The molecule has 0 spiro atoms. The lowest BCUT2D eigenvalue weighted by Gasteiger charge is -2.23. The molecule has 114 valence electrons. The summed E-state index contributed by atoms with van der Waals surface area (Å²) in [6.45, 7) is 4.86. The van der Waals surface area contributed by atoms with Crippen molar-refractivity contribution in [1.29, 1.82) is 0 Å². The second-order valence-corrected chi connectivity index (χ2v) is 5.13. The van der Waals surface area contributed by atoms with Gasteiger partial charge in [0.25, 0.3) is 5.91 Å². The number of fused-ring (bicyclic) bond motifs is 1. The Morgan fingerprint density at radius 2 is 2.24 bits per heavy atom. The molecule has 2 atom stereocenters. The molecule has 0 aliphatic carbocycles. The fourth-order valence-electron chi connectivity index (χ4n) is 2.25. The smallest absolute Gasteiger partial charge is 0.326 e. The number of carbonyl (C=O) groups is 2. The fourth-order valence-corrected chi connectivity index (χ4v) is 2.25. The number of ether oxygens (including phenoxy) is 1. The van der Waals surface area contributed by atoms with E-state index < -0.39 is 17.9 Å². The number of rotatable bonds is 5. The molecule has 21 heavy (non-hydrogen) atoms. The Hall–Kier alpha value is -2.24. The molecule has 6 nitrogen and oxygen atoms in total. The zero-order valence-electron chi connectivity index (χ0n) is 12.2. The Morgan fingerprint density at radius 3 is 2.90 bits per heavy atom. The van der Waals surface area contributed by atoms with Gasteiger partial charge in [-0.2, -0.15) is 0 Å². The third-order valence-corrected chi connectivity index (χ3v) is 3.69. The number of nitrogens with one attached hydrogen (secondary N) is 2. The summed E-state index contributed by atoms with van der Waals surface area (Å²) in [7, 11) is 0. The highest BCUT2D eigenvalue weighted by atomic mass is 16.5. The van der Waals surface area contributed by atoms with Gasteiger partial charge in [0.2, 0.25) is 0 Å². The van der Waals surface area contributed by atoms with Gasteiger partial charge in [0, 0.05) is 6.54 Å². The second-order valence-electron chi connectivity index (χ2n) is 5.13. The quantitative estimate of drug-likeness (QED) is 0.769. The Balaban J connectivity index is 2.22. The predicted octanol–water partition coefficient (Wildman–Crippen LogP) is 1.72. The van der Waals surface area contributed by atoms with Crippen molar-refractivity contribution in [3.8, 4) is 5.75 Å². The molecule has 1 aromatic carbocycles. The van der Waals surface area contributed by atoms with Crippen LogP contribution in [0.1, 0.15) is 30.6 Å². The number of aliphatic carboxylic acids is 1. The molecular formula is C15H20N2O4. The Labute approximate surface area is 123 Å². The number of carboxylic acid groups (broad SMARTS) is 1. The third kappa shape index (κ3) is 3.26. The first kappa shape index (κ1) is 15.2. The van der Waals surface area contributed by atoms with Crippen LogP contribution in [0.25, 0.3) is 0 Å². The minimum atomic E-state index is -1.03. The maximum atomic E-state index is 12.4. The molecule has 1 unspecified atom stereocenters. The molecule has 0 aromatic heterocycles. The van der Waals surface area contributed by atoms with Crippen LogP contribution in [0.15, 0.2) is 18.2 Å². The van der Waals surface area contributed by atoms with Crippen LogP contribution in [0.3, 0.4) is 0 Å². The molecular weight excluding hydrogens is 272 g/mol. The molecule has 0 bridgehead atoms. The molecule has 1 aliphatic heterocycles. The fraction of sp³-hybridized carbons (Fsp3) is 0.467. The van der Waals surface area contributed by atoms with E-state index in [1.54, 1.807) is 19.1 Å². The minimum Gasteiger partial charge on any atom is -0.489 e. The van der Waals surface area contributed by atoms with Crippen LogP contribution in [-0.4, -0.2) is 36.2 Å². The zero-order chi connectivity index (χ0) is 15.4. The van der Waals surface area contributed by atoms with Gasteiger partial charge in [-0.25, -0.2) is 4.79 Å². The summed E-state index contributed by atoms with van der Waals surface area (Å²) in [5.41, 5.74) is 1.11. The third-order valence-electron chi connectivity index (χ3n) is 3.69. The Bertz CT molecular complexity index is 544. The lowest BCUT2D eigenvalue weighted by Crippen LogP contribution is -2.45. The molecule has 2 rings (SSSR count). The largest absolute Gasteiger partial charge is 0.489 e. The highest BCUT2D eigenvalue weighted by Crippen LogP contribution is 2.31. The Morgan fingerprint density at radius 1 is 1.48 bits per heavy atom. The van der Waals surface area contributed by atoms with Crippen LogP contribution in [0, 0.1) is 5.92 Å². The van der Waals surface area contributed by atoms with E-state index >= 15 is 0 Å². The topological polar surface area (TPSA) is 87.7 Å². The van der Waals surface area contributed by atoms with Crippen LogP contribution < -0.4 is 15.4 Å². The standard InChI is InChI=1S/C15H20N2O4/c1-3-9(2)12(15(19)20)17-14(18)10-5-4-6-11-13(10)21-8-7-16-11/h4-6,9,12,16H,3,7-8H2,1-2H3,(H,17,18)(H,19,20)/t9?,12-/m0/s1. The first-order valence-corrected chi connectivity index (χ1v) is 7.08. The molecule has 3 N–H and O–H groups in total. The lowest BCUT2D eigenvalue weighted by atomic mass is 9.98. The van der Waals surface area contributed by atoms with E-state index in [0.29, 0.717) is 30.9 Å². The number of amides is 1. The van der Waals surface area contributed by atoms with Crippen LogP contribution >= 0.6 is 0 Å². The molecule has 1 heterocycles. The molecule has 0 fully saturated rings. The first-order chi connectivity index (χ1) is 10.0. The molecule has 1 aliphatic rings. The average Bonchev–Trinajstić information content (AvgIpc) is 2.50. The van der Waals surface area contributed by atoms with Crippen molar-refractivity contribution in [2.45, 2.75) is 26.3 Å². The summed E-state index contributed by atoms with van der Waals surface area (Å²) in [5, 5.41) is 15.0. The number of hydrogen-bond acceptors (Lipinski definition) is 4. The number of para-hydroxylation sites is 1. The maximum Gasteiger partial charge on any atom is 0.326 e. The number of hydrogen-bond donors (Lipinski definition) is 3. The van der Waals surface area contributed by atoms with Gasteiger partial charge in [-0.05, 0) is 18.1 Å². The monoisotopic (exact) mass is 292 g/mol. The van der Waals surface area contributed by atoms with Gasteiger partial charge in [-0.3, -0.25) is 4.79 Å². The van der Waals surface area contributed by atoms with Crippen molar-refractivity contribution < 1.29 is 19.4 Å². The zero-order valence-corrected chi connectivity index (χ0v) is 12.2. The van der Waals surface area contributed by atoms with Crippen molar-refractivity contribution in [1.82, 2.24) is 5.32 Å². The van der Waals surface area contributed by atoms with Crippen molar-refractivity contribution >= 4 is 17.6 Å². The second kappa shape index (κ2) is 6.47. The van der Waals surface area contributed by atoms with Crippen LogP contribution in [0.2, 0.25) is 0 Å². The number of benzene rings is 1. The summed E-state index contributed by atoms with van der Waals surface area (Å²) < 4.78 is 5.53. The lowest BCUT2D eigenvalue weighted by molar-refractivity contribution is -0.140. The SMILES string of the molecule is CCC(C)[C@H](NC(=O)c1cccc2c1OCCN2)C(=O)O. The van der Waals surface area contributed by atoms with E-state index in [0.717, 1.165) is 5.69 Å². The van der Waals surface area contributed by atoms with E-state index in [1.807, 2.05) is 13.0 Å². The van der Waals surface area contributed by atoms with Gasteiger partial charge in [0.1, 0.15) is 12.6 Å². The van der Waals surface area contributed by atoms with Crippen molar-refractivity contribution in [3.05, 3.63) is 23.8 Å². The average molecular weight is 292 g/mol. The molecule has 1 aromatic rings. The van der Waals surface area contributed by atoms with E-state index in [9.17, 15) is 14.7 Å². The normalized spacial score (nSPS) is 15.9. The first-order valence-electron chi connectivity index (χ1n) is 7.08. The maximum absolute atomic E-state index is 12.4. The highest BCUT2D eigenvalue weighted by molar-refractivity contribution is 6.00. The number of carboxylic acids is 1. The van der Waals surface area contributed by atoms with Gasteiger partial charge >= 0.3 is 5.97 Å². The highest BCUT2D eigenvalue weighted by Gasteiger charge is 2.27. The molecule has 0 saturated heterocycles. The molecule has 0 saturated carbocycles. The van der Waals surface area contributed by atoms with Gasteiger partial charge in [-0.15, -0.1) is 0 Å². The van der Waals surface area contributed by atoms with Crippen molar-refractivity contribution in [2.24, 2.45) is 5.92 Å². The predicted molar refractivity (Wildman–Crippen MR) is 78.8 cm³/mol. The van der Waals surface area contributed by atoms with E-state index in [1.165, 1.54) is 0 Å². The van der Waals surface area contributed by atoms with Crippen LogP contribution in [0.4, 0.5) is 5.69 Å². The van der Waals surface area contributed by atoms with Crippen LogP contribution in [0.5, 0.6) is 5.75 Å². The Kier molecular flexibility index (Phi) is 4.67. The van der Waals surface area contributed by atoms with Crippen molar-refractivity contribution in [2.75, 3.05) is 18.5 Å². The molecule has 1 amide bonds. The van der Waals surface area contributed by atoms with Gasteiger partial charge in [0.15, 0.2) is 5.75 Å². The summed E-state index contributed by atoms with van der Waals surface area (Å²) in [5.74, 6) is -1.12. The summed E-state index contributed by atoms with van der Waals surface area (Å²) in [6, 6.07) is 4.30. The number of anilines is 1. The van der Waals surface area contributed by atoms with Crippen molar-refractivity contribution in [3.63, 3.8) is 0 Å². The summed E-state index contributed by atoms with van der Waals surface area (Å²) in [4.78, 5) is 23.7. The summed E-state index contributed by atoms with van der Waals surface area (Å²) >= 11 is 0. The van der Waals surface area contributed by atoms with Crippen LogP contribution in [-0.2, 0) is 4.79 Å². The minimum absolute atomic E-state index is 0.148. The van der Waals surface area contributed by atoms with Gasteiger partial charge in [-0.1, -0.05) is 26.3 Å².